The number of hydrogen-bond acceptors (Lipinski definition) is 8. The molecule has 3 aromatic rings. The first-order valence-electron chi connectivity index (χ1n) is 11.2. The summed E-state index contributed by atoms with van der Waals surface area (Å²) in [5, 5.41) is 16.7. The maximum atomic E-state index is 12.5. The highest BCUT2D eigenvalue weighted by Gasteiger charge is 2.24. The van der Waals surface area contributed by atoms with Crippen LogP contribution >= 0.6 is 23.1 Å². The number of imide groups is 1. The van der Waals surface area contributed by atoms with Crippen molar-refractivity contribution < 1.29 is 19.1 Å². The Balaban J connectivity index is 1.20. The van der Waals surface area contributed by atoms with Gasteiger partial charge in [-0.3, -0.25) is 10.1 Å². The summed E-state index contributed by atoms with van der Waals surface area (Å²) in [6, 6.07) is 8.94. The second-order valence-corrected chi connectivity index (χ2v) is 10.2. The normalized spacial score (nSPS) is 15.3. The van der Waals surface area contributed by atoms with Crippen LogP contribution in [0.5, 0.6) is 11.5 Å². The third-order valence-electron chi connectivity index (χ3n) is 5.80. The summed E-state index contributed by atoms with van der Waals surface area (Å²) in [6.45, 7) is 0.154. The van der Waals surface area contributed by atoms with Crippen molar-refractivity contribution >= 4 is 40.7 Å². The lowest BCUT2D eigenvalue weighted by atomic mass is 9.95. The first kappa shape index (κ1) is 22.7. The van der Waals surface area contributed by atoms with E-state index in [1.807, 2.05) is 6.07 Å². The lowest BCUT2D eigenvalue weighted by Crippen LogP contribution is -2.35. The average molecular weight is 500 g/mol. The predicted octanol–water partition coefficient (Wildman–Crippen LogP) is 4.60. The molecule has 0 spiro atoms. The highest BCUT2D eigenvalue weighted by Crippen LogP contribution is 2.35. The molecule has 178 valence electrons. The molecule has 1 aliphatic heterocycles. The van der Waals surface area contributed by atoms with Crippen molar-refractivity contribution in [3.05, 3.63) is 46.4 Å². The fourth-order valence-corrected chi connectivity index (χ4v) is 5.76. The highest BCUT2D eigenvalue weighted by molar-refractivity contribution is 7.99. The van der Waals surface area contributed by atoms with E-state index in [1.54, 1.807) is 29.5 Å². The van der Waals surface area contributed by atoms with Gasteiger partial charge >= 0.3 is 6.03 Å². The van der Waals surface area contributed by atoms with Crippen molar-refractivity contribution in [2.45, 2.75) is 49.7 Å². The van der Waals surface area contributed by atoms with E-state index in [-0.39, 0.29) is 12.5 Å². The molecule has 3 amide bonds. The SMILES string of the molecule is O=C(CSc1nnc(Cc2cccs2)n1C1CCCCC1)NC(=O)Nc1ccc2c(c1)OCO2. The molecule has 2 aromatic heterocycles. The Hall–Kier alpha value is -3.05. The largest absolute Gasteiger partial charge is 0.454 e. The van der Waals surface area contributed by atoms with Gasteiger partial charge < -0.3 is 19.4 Å². The molecule has 0 radical (unpaired) electrons. The maximum absolute atomic E-state index is 12.5. The van der Waals surface area contributed by atoms with Gasteiger partial charge in [0.1, 0.15) is 5.82 Å². The molecule has 9 nitrogen and oxygen atoms in total. The lowest BCUT2D eigenvalue weighted by molar-refractivity contribution is -0.117. The summed E-state index contributed by atoms with van der Waals surface area (Å²) in [5.41, 5.74) is 0.512. The Kier molecular flexibility index (Phi) is 7.00. The van der Waals surface area contributed by atoms with Crippen LogP contribution in [0.2, 0.25) is 0 Å². The summed E-state index contributed by atoms with van der Waals surface area (Å²) in [4.78, 5) is 26.0. The van der Waals surface area contributed by atoms with Gasteiger partial charge in [0, 0.05) is 29.1 Å². The van der Waals surface area contributed by atoms with Crippen LogP contribution in [0.15, 0.2) is 40.9 Å². The van der Waals surface area contributed by atoms with Crippen LogP contribution in [0, 0.1) is 0 Å². The summed E-state index contributed by atoms with van der Waals surface area (Å²) < 4.78 is 12.8. The zero-order valence-corrected chi connectivity index (χ0v) is 20.1. The third kappa shape index (κ3) is 5.36. The molecule has 0 unspecified atom stereocenters. The average Bonchev–Trinajstić information content (AvgIpc) is 3.59. The number of nitrogens with one attached hydrogen (secondary N) is 2. The molecule has 5 rings (SSSR count). The molecular weight excluding hydrogens is 474 g/mol. The van der Waals surface area contributed by atoms with E-state index in [1.165, 1.54) is 35.9 Å². The number of thiophene rings is 1. The molecule has 2 N–H and O–H groups in total. The summed E-state index contributed by atoms with van der Waals surface area (Å²) in [7, 11) is 0. The van der Waals surface area contributed by atoms with Gasteiger partial charge in [-0.1, -0.05) is 37.1 Å². The number of rotatable bonds is 7. The molecule has 3 heterocycles. The molecular formula is C23H25N5O4S2. The second-order valence-electron chi connectivity index (χ2n) is 8.18. The number of nitrogens with zero attached hydrogens (tertiary/aromatic N) is 3. The van der Waals surface area contributed by atoms with Gasteiger partial charge in [-0.05, 0) is 36.4 Å². The zero-order valence-electron chi connectivity index (χ0n) is 18.5. The molecule has 34 heavy (non-hydrogen) atoms. The smallest absolute Gasteiger partial charge is 0.325 e. The summed E-state index contributed by atoms with van der Waals surface area (Å²) >= 11 is 3.01. The molecule has 1 fully saturated rings. The zero-order chi connectivity index (χ0) is 23.3. The number of ether oxygens (including phenoxy) is 2. The van der Waals surface area contributed by atoms with Crippen LogP contribution < -0.4 is 20.1 Å². The minimum atomic E-state index is -0.600. The number of aromatic nitrogens is 3. The molecule has 0 saturated heterocycles. The van der Waals surface area contributed by atoms with Crippen molar-refractivity contribution in [2.75, 3.05) is 17.9 Å². The molecule has 0 bridgehead atoms. The number of fused-ring (bicyclic) bond motifs is 1. The van der Waals surface area contributed by atoms with Crippen LogP contribution in [0.1, 0.15) is 48.8 Å². The van der Waals surface area contributed by atoms with E-state index in [0.29, 0.717) is 23.2 Å². The van der Waals surface area contributed by atoms with Crippen molar-refractivity contribution in [3.8, 4) is 11.5 Å². The Labute approximate surface area is 205 Å². The molecule has 1 aliphatic carbocycles. The van der Waals surface area contributed by atoms with Crippen molar-refractivity contribution in [3.63, 3.8) is 0 Å². The molecule has 1 saturated carbocycles. The molecule has 11 heteroatoms. The van der Waals surface area contributed by atoms with Crippen molar-refractivity contribution in [1.82, 2.24) is 20.1 Å². The number of anilines is 1. The number of urea groups is 1. The quantitative estimate of drug-likeness (QED) is 0.457. The number of carbonyl (C=O) groups excluding carboxylic acids is 2. The van der Waals surface area contributed by atoms with Gasteiger partial charge in [-0.15, -0.1) is 21.5 Å². The number of benzene rings is 1. The Morgan fingerprint density at radius 1 is 1.12 bits per heavy atom. The topological polar surface area (TPSA) is 107 Å². The van der Waals surface area contributed by atoms with Gasteiger partial charge in [0.15, 0.2) is 16.7 Å². The van der Waals surface area contributed by atoms with Crippen LogP contribution in [0.4, 0.5) is 10.5 Å². The Bertz CT molecular complexity index is 1160. The molecule has 2 aliphatic rings. The standard InChI is InChI=1S/C23H25N5O4S2/c29-21(25-22(30)24-15-8-9-18-19(11-15)32-14-31-18)13-34-23-27-26-20(12-17-7-4-10-33-17)28(23)16-5-2-1-3-6-16/h4,7-11,16H,1-3,5-6,12-14H2,(H2,24,25,29,30). The number of carbonyl (C=O) groups is 2. The van der Waals surface area contributed by atoms with Gasteiger partial charge in [0.05, 0.1) is 5.75 Å². The van der Waals surface area contributed by atoms with E-state index < -0.39 is 11.9 Å². The number of thioether (sulfide) groups is 1. The first-order chi connectivity index (χ1) is 16.7. The number of hydrogen-bond donors (Lipinski definition) is 2. The van der Waals surface area contributed by atoms with E-state index in [0.717, 1.165) is 30.2 Å². The van der Waals surface area contributed by atoms with Crippen LogP contribution in [-0.4, -0.2) is 39.2 Å². The predicted molar refractivity (Wildman–Crippen MR) is 130 cm³/mol. The van der Waals surface area contributed by atoms with Gasteiger partial charge in [0.25, 0.3) is 0 Å². The Morgan fingerprint density at radius 3 is 2.79 bits per heavy atom. The first-order valence-corrected chi connectivity index (χ1v) is 13.1. The number of amides is 3. The lowest BCUT2D eigenvalue weighted by Gasteiger charge is -2.25. The monoisotopic (exact) mass is 499 g/mol. The van der Waals surface area contributed by atoms with Gasteiger partial charge in [0.2, 0.25) is 12.7 Å². The van der Waals surface area contributed by atoms with Crippen LogP contribution in [-0.2, 0) is 11.2 Å². The molecule has 1 aromatic carbocycles. The Morgan fingerprint density at radius 2 is 1.97 bits per heavy atom. The third-order valence-corrected chi connectivity index (χ3v) is 7.62. The van der Waals surface area contributed by atoms with Gasteiger partial charge in [-0.25, -0.2) is 4.79 Å². The van der Waals surface area contributed by atoms with E-state index >= 15 is 0 Å². The van der Waals surface area contributed by atoms with Crippen LogP contribution in [0.25, 0.3) is 0 Å². The molecule has 0 atom stereocenters. The summed E-state index contributed by atoms with van der Waals surface area (Å²) in [6.07, 6.45) is 6.53. The second kappa shape index (κ2) is 10.5. The van der Waals surface area contributed by atoms with Crippen molar-refractivity contribution in [2.24, 2.45) is 0 Å². The van der Waals surface area contributed by atoms with Crippen molar-refractivity contribution in [1.29, 1.82) is 0 Å². The van der Waals surface area contributed by atoms with E-state index in [2.05, 4.69) is 36.8 Å². The van der Waals surface area contributed by atoms with E-state index in [9.17, 15) is 9.59 Å². The maximum Gasteiger partial charge on any atom is 0.325 e. The van der Waals surface area contributed by atoms with Crippen LogP contribution in [0.3, 0.4) is 0 Å². The van der Waals surface area contributed by atoms with Gasteiger partial charge in [-0.2, -0.15) is 0 Å². The fourth-order valence-electron chi connectivity index (χ4n) is 4.23. The minimum absolute atomic E-state index is 0.0679. The fraction of sp³-hybridized carbons (Fsp3) is 0.391. The van der Waals surface area contributed by atoms with E-state index in [4.69, 9.17) is 9.47 Å². The highest BCUT2D eigenvalue weighted by atomic mass is 32.2. The summed E-state index contributed by atoms with van der Waals surface area (Å²) in [5.74, 6) is 1.77. The minimum Gasteiger partial charge on any atom is -0.454 e.